The molecule has 5 rings (SSSR count). The first-order valence-electron chi connectivity index (χ1n) is 19.9. The van der Waals surface area contributed by atoms with Crippen molar-refractivity contribution in [3.63, 3.8) is 0 Å². The van der Waals surface area contributed by atoms with Gasteiger partial charge in [-0.1, -0.05) is 65.2 Å². The highest BCUT2D eigenvalue weighted by atomic mass is 16.8. The van der Waals surface area contributed by atoms with Crippen LogP contribution < -0.4 is 15.7 Å². The average molecular weight is 684 g/mol. The zero-order valence-electron chi connectivity index (χ0n) is 30.7. The number of carbonyl (C=O) groups is 2. The van der Waals surface area contributed by atoms with Gasteiger partial charge in [0.2, 0.25) is 5.95 Å². The van der Waals surface area contributed by atoms with Crippen molar-refractivity contribution in [1.82, 2.24) is 20.8 Å². The molecule has 4 fully saturated rings. The van der Waals surface area contributed by atoms with Crippen molar-refractivity contribution in [3.05, 3.63) is 18.0 Å². The van der Waals surface area contributed by atoms with E-state index < -0.39 is 6.29 Å². The summed E-state index contributed by atoms with van der Waals surface area (Å²) in [5.74, 6) is 3.48. The van der Waals surface area contributed by atoms with Gasteiger partial charge in [0.1, 0.15) is 12.1 Å². The Morgan fingerprint density at radius 1 is 0.816 bits per heavy atom. The summed E-state index contributed by atoms with van der Waals surface area (Å²) < 4.78 is 11.5. The number of hydroxylamine groups is 1. The third kappa shape index (κ3) is 12.5. The molecule has 1 unspecified atom stereocenters. The minimum Gasteiger partial charge on any atom is -0.461 e. The highest BCUT2D eigenvalue weighted by Gasteiger charge is 2.34. The number of rotatable bonds is 17. The Kier molecular flexibility index (Phi) is 15.4. The third-order valence-electron chi connectivity index (χ3n) is 11.6. The van der Waals surface area contributed by atoms with E-state index in [1.54, 1.807) is 19.3 Å². The Morgan fingerprint density at radius 2 is 1.43 bits per heavy atom. The van der Waals surface area contributed by atoms with Crippen LogP contribution in [-0.2, 0) is 19.1 Å². The van der Waals surface area contributed by atoms with E-state index in [1.807, 2.05) is 0 Å². The molecular formula is C39H65N5O5. The average Bonchev–Trinajstić information content (AvgIpc) is 3.64. The normalized spacial score (nSPS) is 24.2. The lowest BCUT2D eigenvalue weighted by molar-refractivity contribution is -0.163. The van der Waals surface area contributed by atoms with Gasteiger partial charge in [-0.2, -0.15) is 0 Å². The van der Waals surface area contributed by atoms with Gasteiger partial charge in [-0.3, -0.25) is 9.59 Å². The largest absolute Gasteiger partial charge is 0.461 e. The summed E-state index contributed by atoms with van der Waals surface area (Å²) in [6, 6.07) is -0.105. The van der Waals surface area contributed by atoms with Crippen LogP contribution in [0.1, 0.15) is 147 Å². The van der Waals surface area contributed by atoms with E-state index in [2.05, 4.69) is 39.5 Å². The zero-order valence-corrected chi connectivity index (χ0v) is 30.7. The van der Waals surface area contributed by atoms with Gasteiger partial charge in [-0.25, -0.2) is 20.3 Å². The summed E-state index contributed by atoms with van der Waals surface area (Å²) in [6.45, 7) is 9.32. The standard InChI is InChI=1S/C39H65N5O5/c1-28(2)27-47-29(3)49-43-37(45)34-25-41-39(42-26-34)44-22-20-31(21-23-44)11-9-10-30-16-18-32(19-17-30)24-40-36(33-12-5-4-6-13-33)38(46)48-35-14-7-8-15-35/h25-26,28-33,35-36,40H,4-24,27H2,1-3H3,(H,43,45)/t29?,30?,32?,36-/m0/s1. The van der Waals surface area contributed by atoms with Crippen molar-refractivity contribution in [3.8, 4) is 0 Å². The second kappa shape index (κ2) is 19.9. The molecule has 1 aromatic heterocycles. The number of piperidine rings is 1. The van der Waals surface area contributed by atoms with Gasteiger partial charge >= 0.3 is 5.97 Å². The molecule has 1 saturated heterocycles. The van der Waals surface area contributed by atoms with Crippen LogP contribution >= 0.6 is 0 Å². The number of esters is 1. The van der Waals surface area contributed by atoms with Gasteiger partial charge in [-0.05, 0) is 107 Å². The zero-order chi connectivity index (χ0) is 34.4. The lowest BCUT2D eigenvalue weighted by Crippen LogP contribution is -2.47. The highest BCUT2D eigenvalue weighted by Crippen LogP contribution is 2.34. The van der Waals surface area contributed by atoms with Crippen molar-refractivity contribution in [2.75, 3.05) is 31.1 Å². The van der Waals surface area contributed by atoms with Crippen LogP contribution in [0.2, 0.25) is 0 Å². The van der Waals surface area contributed by atoms with E-state index in [0.29, 0.717) is 35.9 Å². The maximum Gasteiger partial charge on any atom is 0.323 e. The van der Waals surface area contributed by atoms with Gasteiger partial charge in [-0.15, -0.1) is 0 Å². The Labute approximate surface area is 295 Å². The smallest absolute Gasteiger partial charge is 0.323 e. The Bertz CT molecular complexity index is 1110. The molecule has 2 N–H and O–H groups in total. The van der Waals surface area contributed by atoms with E-state index in [1.165, 1.54) is 77.0 Å². The fourth-order valence-electron chi connectivity index (χ4n) is 8.45. The monoisotopic (exact) mass is 683 g/mol. The van der Waals surface area contributed by atoms with Crippen LogP contribution in [0.5, 0.6) is 0 Å². The molecule has 1 aromatic rings. The molecule has 0 radical (unpaired) electrons. The molecule has 0 spiro atoms. The number of nitrogens with zero attached hydrogens (tertiary/aromatic N) is 3. The minimum atomic E-state index is -0.528. The van der Waals surface area contributed by atoms with E-state index >= 15 is 0 Å². The molecule has 3 aliphatic carbocycles. The van der Waals surface area contributed by atoms with E-state index in [9.17, 15) is 9.59 Å². The molecule has 2 heterocycles. The predicted molar refractivity (Wildman–Crippen MR) is 192 cm³/mol. The number of hydrogen-bond acceptors (Lipinski definition) is 9. The number of anilines is 1. The molecule has 1 aliphatic heterocycles. The van der Waals surface area contributed by atoms with Crippen LogP contribution in [0.3, 0.4) is 0 Å². The topological polar surface area (TPSA) is 115 Å². The third-order valence-corrected chi connectivity index (χ3v) is 11.6. The molecule has 10 heteroatoms. The molecule has 0 bridgehead atoms. The van der Waals surface area contributed by atoms with Gasteiger partial charge in [0.15, 0.2) is 6.29 Å². The Balaban J connectivity index is 0.940. The van der Waals surface area contributed by atoms with Crippen molar-refractivity contribution in [2.45, 2.75) is 155 Å². The van der Waals surface area contributed by atoms with Crippen LogP contribution in [0.25, 0.3) is 0 Å². The fourth-order valence-corrected chi connectivity index (χ4v) is 8.45. The van der Waals surface area contributed by atoms with Gasteiger partial charge in [0.25, 0.3) is 5.91 Å². The van der Waals surface area contributed by atoms with Crippen molar-refractivity contribution in [1.29, 1.82) is 0 Å². The van der Waals surface area contributed by atoms with Gasteiger partial charge < -0.3 is 19.7 Å². The molecular weight excluding hydrogens is 618 g/mol. The van der Waals surface area contributed by atoms with Gasteiger partial charge in [0, 0.05) is 25.5 Å². The molecule has 4 aliphatic rings. The molecule has 0 aromatic carbocycles. The summed E-state index contributed by atoms with van der Waals surface area (Å²) in [7, 11) is 0. The van der Waals surface area contributed by atoms with Crippen LogP contribution in [0.4, 0.5) is 5.95 Å². The second-order valence-electron chi connectivity index (χ2n) is 16.0. The minimum absolute atomic E-state index is 0.0351. The van der Waals surface area contributed by atoms with Crippen LogP contribution in [-0.4, -0.2) is 66.5 Å². The summed E-state index contributed by atoms with van der Waals surface area (Å²) in [5, 5.41) is 3.76. The van der Waals surface area contributed by atoms with Crippen molar-refractivity contribution in [2.24, 2.45) is 29.6 Å². The van der Waals surface area contributed by atoms with Crippen LogP contribution in [0.15, 0.2) is 12.4 Å². The summed E-state index contributed by atoms with van der Waals surface area (Å²) in [5.41, 5.74) is 2.79. The van der Waals surface area contributed by atoms with Crippen molar-refractivity contribution >= 4 is 17.8 Å². The highest BCUT2D eigenvalue weighted by molar-refractivity contribution is 5.92. The summed E-state index contributed by atoms with van der Waals surface area (Å²) >= 11 is 0. The number of amides is 1. The first-order chi connectivity index (χ1) is 23.8. The van der Waals surface area contributed by atoms with E-state index in [0.717, 1.165) is 70.0 Å². The quantitative estimate of drug-likeness (QED) is 0.0987. The first-order valence-corrected chi connectivity index (χ1v) is 19.9. The molecule has 2 atom stereocenters. The number of ether oxygens (including phenoxy) is 2. The van der Waals surface area contributed by atoms with E-state index in [-0.39, 0.29) is 24.0 Å². The van der Waals surface area contributed by atoms with Crippen molar-refractivity contribution < 1.29 is 23.9 Å². The maximum absolute atomic E-state index is 13.2. The fraction of sp³-hybridized carbons (Fsp3) is 0.846. The van der Waals surface area contributed by atoms with Gasteiger partial charge in [0.05, 0.1) is 12.2 Å². The first kappa shape index (κ1) is 37.9. The summed E-state index contributed by atoms with van der Waals surface area (Å²) in [6.07, 6.45) is 24.9. The lowest BCUT2D eigenvalue weighted by Gasteiger charge is -2.34. The lowest BCUT2D eigenvalue weighted by atomic mass is 9.78. The van der Waals surface area contributed by atoms with E-state index in [4.69, 9.17) is 14.3 Å². The maximum atomic E-state index is 13.2. The number of nitrogens with one attached hydrogen (secondary N) is 2. The Morgan fingerprint density at radius 3 is 2.08 bits per heavy atom. The number of carbonyl (C=O) groups excluding carboxylic acids is 2. The number of aromatic nitrogens is 2. The molecule has 49 heavy (non-hydrogen) atoms. The molecule has 1 amide bonds. The second-order valence-corrected chi connectivity index (χ2v) is 16.0. The molecule has 276 valence electrons. The Hall–Kier alpha value is -2.30. The number of hydrogen-bond donors (Lipinski definition) is 2. The SMILES string of the molecule is CC(C)COC(C)ONC(=O)c1cnc(N2CCC(CCCC3CCC(CN[C@H](C(=O)OC4CCCC4)C4CCCCC4)CC3)CC2)nc1. The molecule has 10 nitrogen and oxygen atoms in total. The van der Waals surface area contributed by atoms with Crippen LogP contribution in [0, 0.1) is 29.6 Å². The molecule has 3 saturated carbocycles. The predicted octanol–water partition coefficient (Wildman–Crippen LogP) is 7.37. The summed E-state index contributed by atoms with van der Waals surface area (Å²) in [4.78, 5) is 42.2.